The molecule has 144 valence electrons. The zero-order valence-corrected chi connectivity index (χ0v) is 16.1. The number of carbonyl (C=O) groups is 1. The van der Waals surface area contributed by atoms with Gasteiger partial charge in [0.1, 0.15) is 5.75 Å². The van der Waals surface area contributed by atoms with Crippen molar-refractivity contribution in [2.24, 2.45) is 0 Å². The number of ether oxygens (including phenoxy) is 1. The van der Waals surface area contributed by atoms with Crippen LogP contribution in [0, 0.1) is 0 Å². The summed E-state index contributed by atoms with van der Waals surface area (Å²) in [5.41, 5.74) is 2.73. The highest BCUT2D eigenvalue weighted by molar-refractivity contribution is 5.99. The van der Waals surface area contributed by atoms with E-state index in [0.29, 0.717) is 11.3 Å². The van der Waals surface area contributed by atoms with Gasteiger partial charge in [0.25, 0.3) is 5.91 Å². The van der Waals surface area contributed by atoms with E-state index in [0.717, 1.165) is 45.0 Å². The molecule has 2 N–H and O–H groups in total. The first-order valence-corrected chi connectivity index (χ1v) is 9.37. The van der Waals surface area contributed by atoms with Crippen LogP contribution < -0.4 is 20.3 Å². The zero-order chi connectivity index (χ0) is 19.1. The molecule has 6 heteroatoms. The molecule has 1 amide bonds. The molecule has 3 rings (SSSR count). The number of amides is 1. The van der Waals surface area contributed by atoms with Crippen molar-refractivity contribution in [1.82, 2.24) is 10.2 Å². The van der Waals surface area contributed by atoms with Crippen LogP contribution in [0.2, 0.25) is 0 Å². The highest BCUT2D eigenvalue weighted by Gasteiger charge is 2.17. The number of piperazine rings is 1. The van der Waals surface area contributed by atoms with E-state index in [2.05, 4.69) is 50.8 Å². The Balaban J connectivity index is 1.50. The second-order valence-electron chi connectivity index (χ2n) is 6.58. The molecule has 1 aliphatic rings. The Morgan fingerprint density at radius 3 is 2.48 bits per heavy atom. The minimum Gasteiger partial charge on any atom is -0.497 e. The molecule has 1 heterocycles. The highest BCUT2D eigenvalue weighted by Crippen LogP contribution is 2.22. The summed E-state index contributed by atoms with van der Waals surface area (Å²) >= 11 is 0. The molecule has 0 unspecified atom stereocenters. The number of anilines is 2. The summed E-state index contributed by atoms with van der Waals surface area (Å²) in [6, 6.07) is 16.1. The smallest absolute Gasteiger partial charge is 0.253 e. The van der Waals surface area contributed by atoms with Crippen LogP contribution in [-0.2, 0) is 0 Å². The second-order valence-corrected chi connectivity index (χ2v) is 6.58. The van der Waals surface area contributed by atoms with Crippen LogP contribution in [0.1, 0.15) is 10.4 Å². The van der Waals surface area contributed by atoms with Gasteiger partial charge < -0.3 is 20.3 Å². The quantitative estimate of drug-likeness (QED) is 0.785. The largest absolute Gasteiger partial charge is 0.497 e. The third-order valence-corrected chi connectivity index (χ3v) is 4.94. The van der Waals surface area contributed by atoms with Crippen LogP contribution in [0.15, 0.2) is 48.5 Å². The predicted molar refractivity (Wildman–Crippen MR) is 110 cm³/mol. The van der Waals surface area contributed by atoms with Crippen LogP contribution in [0.5, 0.6) is 5.75 Å². The van der Waals surface area contributed by atoms with Crippen LogP contribution in [0.4, 0.5) is 11.4 Å². The number of methoxy groups -OCH3 is 1. The number of nitrogens with one attached hydrogen (secondary N) is 2. The third-order valence-electron chi connectivity index (χ3n) is 4.94. The van der Waals surface area contributed by atoms with E-state index in [4.69, 9.17) is 4.74 Å². The minimum atomic E-state index is -0.118. The fourth-order valence-electron chi connectivity index (χ4n) is 3.34. The predicted octanol–water partition coefficient (Wildman–Crippen LogP) is 2.29. The van der Waals surface area contributed by atoms with Crippen molar-refractivity contribution in [2.75, 3.05) is 63.6 Å². The lowest BCUT2D eigenvalue weighted by molar-refractivity contribution is 0.0963. The number of para-hydroxylation sites is 1. The molecule has 0 aromatic heterocycles. The van der Waals surface area contributed by atoms with Gasteiger partial charge in [0.15, 0.2) is 0 Å². The summed E-state index contributed by atoms with van der Waals surface area (Å²) in [4.78, 5) is 17.0. The van der Waals surface area contributed by atoms with Crippen molar-refractivity contribution in [3.63, 3.8) is 0 Å². The van der Waals surface area contributed by atoms with Crippen molar-refractivity contribution in [2.45, 2.75) is 0 Å². The van der Waals surface area contributed by atoms with Crippen molar-refractivity contribution in [3.05, 3.63) is 54.1 Å². The maximum Gasteiger partial charge on any atom is 0.253 e. The van der Waals surface area contributed by atoms with Crippen molar-refractivity contribution in [3.8, 4) is 5.75 Å². The summed E-state index contributed by atoms with van der Waals surface area (Å²) in [5, 5.41) is 6.08. The summed E-state index contributed by atoms with van der Waals surface area (Å²) < 4.78 is 5.23. The molecule has 1 aliphatic heterocycles. The fourth-order valence-corrected chi connectivity index (χ4v) is 3.34. The molecule has 0 bridgehead atoms. The van der Waals surface area contributed by atoms with Gasteiger partial charge in [0.05, 0.1) is 12.7 Å². The van der Waals surface area contributed by atoms with Gasteiger partial charge in [-0.2, -0.15) is 0 Å². The van der Waals surface area contributed by atoms with Crippen LogP contribution in [0.3, 0.4) is 0 Å². The second kappa shape index (κ2) is 9.28. The van der Waals surface area contributed by atoms with Gasteiger partial charge in [-0.3, -0.25) is 9.69 Å². The zero-order valence-electron chi connectivity index (χ0n) is 16.1. The molecule has 0 atom stereocenters. The highest BCUT2D eigenvalue weighted by atomic mass is 16.5. The van der Waals surface area contributed by atoms with Crippen LogP contribution in [-0.4, -0.2) is 64.2 Å². The topological polar surface area (TPSA) is 56.8 Å². The lowest BCUT2D eigenvalue weighted by Gasteiger charge is -2.36. The average Bonchev–Trinajstić information content (AvgIpc) is 2.74. The Hall–Kier alpha value is -2.73. The number of hydrogen-bond donors (Lipinski definition) is 2. The molecule has 0 saturated carbocycles. The fraction of sp³-hybridized carbons (Fsp3) is 0.381. The van der Waals surface area contributed by atoms with Crippen LogP contribution >= 0.6 is 0 Å². The Morgan fingerprint density at radius 1 is 1.07 bits per heavy atom. The molecule has 1 fully saturated rings. The molecule has 0 spiro atoms. The number of benzene rings is 2. The summed E-state index contributed by atoms with van der Waals surface area (Å²) in [7, 11) is 3.24. The molecule has 27 heavy (non-hydrogen) atoms. The van der Waals surface area contributed by atoms with E-state index in [-0.39, 0.29) is 5.91 Å². The monoisotopic (exact) mass is 368 g/mol. The molecular weight excluding hydrogens is 340 g/mol. The lowest BCUT2D eigenvalue weighted by atomic mass is 10.1. The van der Waals surface area contributed by atoms with E-state index >= 15 is 0 Å². The molecular formula is C21H28N4O2. The van der Waals surface area contributed by atoms with Gasteiger partial charge in [-0.15, -0.1) is 0 Å². The molecule has 1 saturated heterocycles. The Kier molecular flexibility index (Phi) is 6.54. The van der Waals surface area contributed by atoms with Gasteiger partial charge >= 0.3 is 0 Å². The Labute approximate surface area is 161 Å². The first kappa shape index (κ1) is 19.0. The number of carbonyl (C=O) groups excluding carboxylic acids is 1. The molecule has 2 aromatic carbocycles. The molecule has 0 radical (unpaired) electrons. The molecule has 0 aliphatic carbocycles. The average molecular weight is 368 g/mol. The summed E-state index contributed by atoms with van der Waals surface area (Å²) in [6.45, 7) is 5.90. The normalized spacial score (nSPS) is 14.7. The van der Waals surface area contributed by atoms with Crippen molar-refractivity contribution < 1.29 is 9.53 Å². The Morgan fingerprint density at radius 2 is 1.81 bits per heavy atom. The third kappa shape index (κ3) is 4.92. The van der Waals surface area contributed by atoms with E-state index in [1.165, 1.54) is 5.69 Å². The van der Waals surface area contributed by atoms with E-state index in [1.807, 2.05) is 12.1 Å². The maximum atomic E-state index is 12.1. The summed E-state index contributed by atoms with van der Waals surface area (Å²) in [5.74, 6) is 0.559. The number of nitrogens with zero attached hydrogens (tertiary/aromatic N) is 2. The first-order valence-electron chi connectivity index (χ1n) is 9.37. The van der Waals surface area contributed by atoms with E-state index < -0.39 is 0 Å². The van der Waals surface area contributed by atoms with Crippen molar-refractivity contribution >= 4 is 17.3 Å². The first-order chi connectivity index (χ1) is 13.2. The van der Waals surface area contributed by atoms with Gasteiger partial charge in [0, 0.05) is 57.7 Å². The Bertz CT molecular complexity index is 743. The van der Waals surface area contributed by atoms with Gasteiger partial charge in [-0.05, 0) is 30.3 Å². The van der Waals surface area contributed by atoms with Gasteiger partial charge in [0.2, 0.25) is 0 Å². The van der Waals surface area contributed by atoms with Gasteiger partial charge in [-0.25, -0.2) is 0 Å². The number of hydrogen-bond acceptors (Lipinski definition) is 5. The lowest BCUT2D eigenvalue weighted by Crippen LogP contribution is -2.47. The van der Waals surface area contributed by atoms with Crippen molar-refractivity contribution in [1.29, 1.82) is 0 Å². The molecule has 2 aromatic rings. The standard InChI is InChI=1S/C21H28N4O2/c1-22-21(26)19-16-18(27-2)8-9-20(19)23-10-11-24-12-14-25(15-13-24)17-6-4-3-5-7-17/h3-9,16,23H,10-15H2,1-2H3,(H,22,26). The van der Waals surface area contributed by atoms with E-state index in [9.17, 15) is 4.79 Å². The minimum absolute atomic E-state index is 0.118. The van der Waals surface area contributed by atoms with Gasteiger partial charge in [-0.1, -0.05) is 18.2 Å². The maximum absolute atomic E-state index is 12.1. The summed E-state index contributed by atoms with van der Waals surface area (Å²) in [6.07, 6.45) is 0. The SMILES string of the molecule is CNC(=O)c1cc(OC)ccc1NCCN1CCN(c2ccccc2)CC1. The molecule has 6 nitrogen and oxygen atoms in total. The number of rotatable bonds is 7. The van der Waals surface area contributed by atoms with Crippen LogP contribution in [0.25, 0.3) is 0 Å². The van der Waals surface area contributed by atoms with E-state index in [1.54, 1.807) is 20.2 Å².